The van der Waals surface area contributed by atoms with Crippen LogP contribution in [0.3, 0.4) is 0 Å². The summed E-state index contributed by atoms with van der Waals surface area (Å²) in [5, 5.41) is 10.9. The number of carbonyl (C=O) groups excluding carboxylic acids is 3. The van der Waals surface area contributed by atoms with Crippen LogP contribution in [0.2, 0.25) is 0 Å². The number of fused-ring (bicyclic) bond motifs is 2. The van der Waals surface area contributed by atoms with Crippen molar-refractivity contribution in [2.45, 2.75) is 46.1 Å². The number of primary amides is 1. The van der Waals surface area contributed by atoms with Crippen molar-refractivity contribution in [3.8, 4) is 11.3 Å². The standard InChI is InChI=1S/C42H48FN9O3/c1-26-22-32(6-9-36(26)51-16-13-37(54)45-28(51)3)49-14-10-29(11-15-49)24-48-18-20-50(21-19-48)33-5-8-35-30(23-33)12-17-52-42(46-35)38(41(44)55)40(47-52)34-7-4-31(25-53)27(2)39(34)43/h4-9,22-23,25,29,46H,3,10-21,24H2,1-2H3,(H2,44,55)(H,45,54). The number of benzene rings is 3. The zero-order valence-electron chi connectivity index (χ0n) is 31.5. The molecule has 12 nitrogen and oxygen atoms in total. The number of anilines is 5. The Balaban J connectivity index is 0.861. The summed E-state index contributed by atoms with van der Waals surface area (Å²) < 4.78 is 17.1. The number of carbonyl (C=O) groups is 3. The summed E-state index contributed by atoms with van der Waals surface area (Å²) in [5.41, 5.74) is 13.4. The van der Waals surface area contributed by atoms with Crippen LogP contribution in [0.4, 0.5) is 33.0 Å². The predicted octanol–water partition coefficient (Wildman–Crippen LogP) is 5.35. The number of aryl methyl sites for hydroxylation is 3. The van der Waals surface area contributed by atoms with Gasteiger partial charge in [-0.25, -0.2) is 9.07 Å². The molecule has 4 aliphatic heterocycles. The summed E-state index contributed by atoms with van der Waals surface area (Å²) in [4.78, 5) is 45.5. The second-order valence-electron chi connectivity index (χ2n) is 15.2. The first kappa shape index (κ1) is 36.3. The predicted molar refractivity (Wildman–Crippen MR) is 214 cm³/mol. The number of nitrogens with zero attached hydrogens (tertiary/aromatic N) is 6. The van der Waals surface area contributed by atoms with E-state index in [2.05, 4.69) is 79.2 Å². The minimum Gasteiger partial charge on any atom is -0.372 e. The van der Waals surface area contributed by atoms with Gasteiger partial charge in [0.2, 0.25) is 5.91 Å². The van der Waals surface area contributed by atoms with Gasteiger partial charge in [0.15, 0.2) is 0 Å². The minimum atomic E-state index is -0.705. The molecule has 13 heteroatoms. The van der Waals surface area contributed by atoms with Gasteiger partial charge in [-0.15, -0.1) is 0 Å². The van der Waals surface area contributed by atoms with E-state index in [0.29, 0.717) is 49.8 Å². The molecule has 0 aliphatic carbocycles. The van der Waals surface area contributed by atoms with Crippen molar-refractivity contribution in [1.82, 2.24) is 20.0 Å². The Morgan fingerprint density at radius 2 is 1.65 bits per heavy atom. The quantitative estimate of drug-likeness (QED) is 0.204. The van der Waals surface area contributed by atoms with Gasteiger partial charge in [0, 0.05) is 99.2 Å². The lowest BCUT2D eigenvalue weighted by Crippen LogP contribution is -2.49. The van der Waals surface area contributed by atoms with Crippen molar-refractivity contribution < 1.29 is 18.8 Å². The van der Waals surface area contributed by atoms with E-state index in [1.165, 1.54) is 48.8 Å². The highest BCUT2D eigenvalue weighted by molar-refractivity contribution is 6.04. The van der Waals surface area contributed by atoms with Crippen LogP contribution in [0.25, 0.3) is 11.3 Å². The summed E-state index contributed by atoms with van der Waals surface area (Å²) in [7, 11) is 0. The van der Waals surface area contributed by atoms with Gasteiger partial charge >= 0.3 is 0 Å². The van der Waals surface area contributed by atoms with Gasteiger partial charge < -0.3 is 31.1 Å². The average Bonchev–Trinajstić information content (AvgIpc) is 3.44. The number of piperazine rings is 1. The first-order chi connectivity index (χ1) is 26.6. The molecule has 8 rings (SSSR count). The van der Waals surface area contributed by atoms with Crippen LogP contribution in [0.1, 0.15) is 56.7 Å². The topological polar surface area (TPSA) is 132 Å². The summed E-state index contributed by atoms with van der Waals surface area (Å²) >= 11 is 0. The lowest BCUT2D eigenvalue weighted by atomic mass is 9.95. The van der Waals surface area contributed by atoms with E-state index in [0.717, 1.165) is 62.8 Å². The van der Waals surface area contributed by atoms with E-state index in [9.17, 15) is 14.4 Å². The van der Waals surface area contributed by atoms with E-state index in [4.69, 9.17) is 5.73 Å². The molecule has 0 saturated carbocycles. The molecule has 0 bridgehead atoms. The fourth-order valence-corrected chi connectivity index (χ4v) is 8.61. The fraction of sp³-hybridized carbons (Fsp3) is 0.381. The van der Waals surface area contributed by atoms with Crippen LogP contribution < -0.4 is 31.1 Å². The first-order valence-electron chi connectivity index (χ1n) is 19.2. The van der Waals surface area contributed by atoms with Crippen molar-refractivity contribution in [3.05, 3.63) is 94.6 Å². The SMILES string of the molecule is C=C1NC(=O)CCN1c1ccc(N2CCC(CN3CCN(c4ccc5c(c4)CCn4nc(-c6ccc(C=O)c(C)c6F)c(C(N)=O)c4N5)CC3)CC2)cc1C. The summed E-state index contributed by atoms with van der Waals surface area (Å²) in [6.07, 6.45) is 4.10. The van der Waals surface area contributed by atoms with Crippen molar-refractivity contribution >= 4 is 46.7 Å². The van der Waals surface area contributed by atoms with Crippen LogP contribution >= 0.6 is 0 Å². The number of hydrogen-bond acceptors (Lipinski definition) is 9. The monoisotopic (exact) mass is 745 g/mol. The summed E-state index contributed by atoms with van der Waals surface area (Å²) in [5.74, 6) is 0.485. The van der Waals surface area contributed by atoms with Gasteiger partial charge in [-0.05, 0) is 98.2 Å². The number of amides is 2. The Kier molecular flexibility index (Phi) is 9.80. The molecule has 5 heterocycles. The Bertz CT molecular complexity index is 2180. The molecule has 4 aromatic rings. The maximum atomic E-state index is 15.4. The zero-order valence-corrected chi connectivity index (χ0v) is 31.5. The van der Waals surface area contributed by atoms with E-state index >= 15 is 4.39 Å². The number of nitrogens with two attached hydrogens (primary N) is 1. The van der Waals surface area contributed by atoms with E-state index < -0.39 is 11.7 Å². The van der Waals surface area contributed by atoms with Gasteiger partial charge in [-0.2, -0.15) is 5.10 Å². The third kappa shape index (κ3) is 7.04. The molecule has 0 unspecified atom stereocenters. The Hall–Kier alpha value is -5.69. The number of aromatic nitrogens is 2. The summed E-state index contributed by atoms with van der Waals surface area (Å²) in [6, 6.07) is 16.0. The zero-order chi connectivity index (χ0) is 38.4. The second kappa shape index (κ2) is 14.9. The molecular weight excluding hydrogens is 698 g/mol. The van der Waals surface area contributed by atoms with Crippen molar-refractivity contribution in [1.29, 1.82) is 0 Å². The molecule has 3 aromatic carbocycles. The number of halogens is 1. The maximum Gasteiger partial charge on any atom is 0.254 e. The van der Waals surface area contributed by atoms with Crippen molar-refractivity contribution in [2.24, 2.45) is 11.7 Å². The molecule has 4 aliphatic rings. The molecule has 2 amide bonds. The molecule has 4 N–H and O–H groups in total. The Labute approximate surface area is 320 Å². The largest absolute Gasteiger partial charge is 0.372 e. The number of hydrogen-bond donors (Lipinski definition) is 3. The summed E-state index contributed by atoms with van der Waals surface area (Å²) in [6.45, 7) is 16.0. The normalized spacial score (nSPS) is 18.0. The molecule has 1 aromatic heterocycles. The molecule has 3 fully saturated rings. The van der Waals surface area contributed by atoms with E-state index in [1.54, 1.807) is 4.68 Å². The van der Waals surface area contributed by atoms with Crippen LogP contribution in [0, 0.1) is 25.6 Å². The number of nitrogens with one attached hydrogen (secondary N) is 2. The molecule has 0 spiro atoms. The minimum absolute atomic E-state index is 0.0233. The molecule has 0 atom stereocenters. The van der Waals surface area contributed by atoms with E-state index in [1.807, 2.05) is 6.07 Å². The van der Waals surface area contributed by atoms with E-state index in [-0.39, 0.29) is 33.9 Å². The Morgan fingerprint density at radius 3 is 2.36 bits per heavy atom. The third-order valence-electron chi connectivity index (χ3n) is 11.8. The molecule has 286 valence electrons. The molecular formula is C42H48FN9O3. The van der Waals surface area contributed by atoms with Gasteiger partial charge in [-0.3, -0.25) is 19.3 Å². The van der Waals surface area contributed by atoms with Crippen LogP contribution in [0.15, 0.2) is 60.9 Å². The van der Waals surface area contributed by atoms with Gasteiger partial charge in [0.1, 0.15) is 35.0 Å². The highest BCUT2D eigenvalue weighted by atomic mass is 19.1. The van der Waals surface area contributed by atoms with Gasteiger partial charge in [-0.1, -0.05) is 12.6 Å². The average molecular weight is 746 g/mol. The fourth-order valence-electron chi connectivity index (χ4n) is 8.61. The smallest absolute Gasteiger partial charge is 0.254 e. The molecule has 55 heavy (non-hydrogen) atoms. The van der Waals surface area contributed by atoms with Crippen LogP contribution in [0.5, 0.6) is 0 Å². The highest BCUT2D eigenvalue weighted by Crippen LogP contribution is 2.38. The number of aldehydes is 1. The third-order valence-corrected chi connectivity index (χ3v) is 11.8. The lowest BCUT2D eigenvalue weighted by molar-refractivity contribution is -0.120. The van der Waals surface area contributed by atoms with Crippen molar-refractivity contribution in [3.63, 3.8) is 0 Å². The van der Waals surface area contributed by atoms with Gasteiger partial charge in [0.25, 0.3) is 5.91 Å². The highest BCUT2D eigenvalue weighted by Gasteiger charge is 2.30. The number of rotatable bonds is 8. The molecule has 0 radical (unpaired) electrons. The molecule has 3 saturated heterocycles. The Morgan fingerprint density at radius 1 is 0.927 bits per heavy atom. The van der Waals surface area contributed by atoms with Crippen LogP contribution in [-0.4, -0.2) is 85.1 Å². The number of piperidine rings is 1. The van der Waals surface area contributed by atoms with Gasteiger partial charge in [0.05, 0.1) is 0 Å². The lowest BCUT2D eigenvalue weighted by Gasteiger charge is -2.40. The maximum absolute atomic E-state index is 15.4. The van der Waals surface area contributed by atoms with Crippen molar-refractivity contribution in [2.75, 3.05) is 72.4 Å². The second-order valence-corrected chi connectivity index (χ2v) is 15.2. The van der Waals surface area contributed by atoms with Crippen LogP contribution in [-0.2, 0) is 17.8 Å². The first-order valence-corrected chi connectivity index (χ1v) is 19.2.